The smallest absolute Gasteiger partial charge is 0.00917 e. The van der Waals surface area contributed by atoms with Crippen molar-refractivity contribution in [2.24, 2.45) is 0 Å². The van der Waals surface area contributed by atoms with Gasteiger partial charge in [0.05, 0.1) is 0 Å². The molecule has 0 saturated carbocycles. The Balaban J connectivity index is 0.000000200. The molecule has 0 bridgehead atoms. The summed E-state index contributed by atoms with van der Waals surface area (Å²) in [5, 5.41) is 0. The van der Waals surface area contributed by atoms with Gasteiger partial charge in [0.15, 0.2) is 0 Å². The zero-order valence-corrected chi connectivity index (χ0v) is 13.4. The maximum absolute atomic E-state index is 2.28. The number of rotatable bonds is 4. The Kier molecular flexibility index (Phi) is 7.72. The summed E-state index contributed by atoms with van der Waals surface area (Å²) in [5.41, 5.74) is 5.87. The molecule has 20 heavy (non-hydrogen) atoms. The highest BCUT2D eigenvalue weighted by atomic mass is 14.1. The molecule has 2 aliphatic rings. The Bertz CT molecular complexity index is 476. The van der Waals surface area contributed by atoms with E-state index in [2.05, 4.69) is 76.3 Å². The molecule has 0 aromatic carbocycles. The molecule has 0 atom stereocenters. The molecule has 0 amide bonds. The lowest BCUT2D eigenvalue weighted by Crippen LogP contribution is -1.83. The number of hydrogen-bond donors (Lipinski definition) is 0. The first-order valence-corrected chi connectivity index (χ1v) is 7.80. The molecular formula is C20H28. The Morgan fingerprint density at radius 2 is 1.75 bits per heavy atom. The van der Waals surface area contributed by atoms with E-state index in [1.165, 1.54) is 22.3 Å². The van der Waals surface area contributed by atoms with E-state index >= 15 is 0 Å². The van der Waals surface area contributed by atoms with Crippen LogP contribution in [0.2, 0.25) is 0 Å². The van der Waals surface area contributed by atoms with Crippen molar-refractivity contribution in [1.29, 1.82) is 0 Å². The minimum Gasteiger partial charge on any atom is -0.0842 e. The molecule has 0 unspecified atom stereocenters. The number of allylic oxidation sites excluding steroid dienone is 12. The lowest BCUT2D eigenvalue weighted by Gasteiger charge is -2.02. The first-order chi connectivity index (χ1) is 9.76. The van der Waals surface area contributed by atoms with Crippen LogP contribution in [0.1, 0.15) is 53.4 Å². The van der Waals surface area contributed by atoms with Gasteiger partial charge in [-0.15, -0.1) is 0 Å². The number of hydrogen-bond acceptors (Lipinski definition) is 0. The molecule has 0 heterocycles. The van der Waals surface area contributed by atoms with Crippen molar-refractivity contribution in [2.75, 3.05) is 0 Å². The van der Waals surface area contributed by atoms with Crippen molar-refractivity contribution in [3.05, 3.63) is 70.9 Å². The molecule has 0 aromatic heterocycles. The quantitative estimate of drug-likeness (QED) is 0.549. The van der Waals surface area contributed by atoms with Gasteiger partial charge < -0.3 is 0 Å². The summed E-state index contributed by atoms with van der Waals surface area (Å²) in [7, 11) is 0. The van der Waals surface area contributed by atoms with E-state index in [4.69, 9.17) is 0 Å². The lowest BCUT2D eigenvalue weighted by atomic mass is 10.0. The van der Waals surface area contributed by atoms with Gasteiger partial charge in [-0.1, -0.05) is 62.5 Å². The highest BCUT2D eigenvalue weighted by molar-refractivity contribution is 5.42. The maximum atomic E-state index is 2.28. The Morgan fingerprint density at radius 1 is 1.05 bits per heavy atom. The highest BCUT2D eigenvalue weighted by Crippen LogP contribution is 2.21. The molecule has 0 heteroatoms. The minimum absolute atomic E-state index is 1.12. The van der Waals surface area contributed by atoms with E-state index in [1.54, 1.807) is 0 Å². The first-order valence-electron chi connectivity index (χ1n) is 7.80. The van der Waals surface area contributed by atoms with Gasteiger partial charge >= 0.3 is 0 Å². The Morgan fingerprint density at radius 3 is 2.15 bits per heavy atom. The summed E-state index contributed by atoms with van der Waals surface area (Å²) in [5.74, 6) is 0. The van der Waals surface area contributed by atoms with Crippen LogP contribution in [0.4, 0.5) is 0 Å². The van der Waals surface area contributed by atoms with E-state index in [9.17, 15) is 0 Å². The fourth-order valence-electron chi connectivity index (χ4n) is 2.57. The van der Waals surface area contributed by atoms with Crippen LogP contribution in [0.5, 0.6) is 0 Å². The standard InChI is InChI=1S/2C10H14/c2*1-3-9(4-2)10-7-5-6-8-10/h3,5,7-8H,4,6H2,1-2H3;3,5-7H,4,8H2,1-2H3/b2*9-3+. The third kappa shape index (κ3) is 4.85. The third-order valence-corrected chi connectivity index (χ3v) is 3.78. The van der Waals surface area contributed by atoms with Crippen LogP contribution in [-0.2, 0) is 0 Å². The maximum Gasteiger partial charge on any atom is -0.00917 e. The van der Waals surface area contributed by atoms with Gasteiger partial charge in [-0.3, -0.25) is 0 Å². The van der Waals surface area contributed by atoms with Crippen LogP contribution in [-0.4, -0.2) is 0 Å². The Labute approximate surface area is 125 Å². The lowest BCUT2D eigenvalue weighted by molar-refractivity contribution is 1.07. The fraction of sp³-hybridized carbons (Fsp3) is 0.400. The molecule has 0 spiro atoms. The van der Waals surface area contributed by atoms with Gasteiger partial charge in [0.1, 0.15) is 0 Å². The van der Waals surface area contributed by atoms with Crippen molar-refractivity contribution in [2.45, 2.75) is 53.4 Å². The van der Waals surface area contributed by atoms with Crippen molar-refractivity contribution in [3.8, 4) is 0 Å². The highest BCUT2D eigenvalue weighted by Gasteiger charge is 2.02. The van der Waals surface area contributed by atoms with Crippen molar-refractivity contribution in [1.82, 2.24) is 0 Å². The molecule has 2 aliphatic carbocycles. The SMILES string of the molecule is C/C=C(\CC)C1=CC=CC1.C/C=C(\CC)C1=CCC=C1. The van der Waals surface area contributed by atoms with Crippen LogP contribution in [0.3, 0.4) is 0 Å². The molecule has 0 aliphatic heterocycles. The second kappa shape index (κ2) is 9.36. The topological polar surface area (TPSA) is 0 Å². The zero-order valence-electron chi connectivity index (χ0n) is 13.4. The van der Waals surface area contributed by atoms with Crippen molar-refractivity contribution >= 4 is 0 Å². The summed E-state index contributed by atoms with van der Waals surface area (Å²) in [4.78, 5) is 0. The van der Waals surface area contributed by atoms with Crippen LogP contribution in [0.25, 0.3) is 0 Å². The molecule has 0 N–H and O–H groups in total. The summed E-state index contributed by atoms with van der Waals surface area (Å²) in [6, 6.07) is 0. The van der Waals surface area contributed by atoms with Crippen molar-refractivity contribution in [3.63, 3.8) is 0 Å². The molecular weight excluding hydrogens is 240 g/mol. The minimum atomic E-state index is 1.12. The van der Waals surface area contributed by atoms with E-state index in [-0.39, 0.29) is 0 Å². The van der Waals surface area contributed by atoms with Crippen LogP contribution in [0, 0.1) is 0 Å². The van der Waals surface area contributed by atoms with E-state index in [1.807, 2.05) is 0 Å². The predicted molar refractivity (Wildman–Crippen MR) is 91.8 cm³/mol. The van der Waals surface area contributed by atoms with E-state index < -0.39 is 0 Å². The largest absolute Gasteiger partial charge is 0.0842 e. The predicted octanol–water partition coefficient (Wildman–Crippen LogP) is 6.46. The third-order valence-electron chi connectivity index (χ3n) is 3.78. The van der Waals surface area contributed by atoms with E-state index in [0.29, 0.717) is 0 Å². The zero-order chi connectivity index (χ0) is 14.8. The van der Waals surface area contributed by atoms with Crippen molar-refractivity contribution < 1.29 is 0 Å². The Hall–Kier alpha value is -1.56. The molecule has 2 rings (SSSR count). The van der Waals surface area contributed by atoms with Crippen LogP contribution in [0.15, 0.2) is 70.9 Å². The summed E-state index contributed by atoms with van der Waals surface area (Å²) < 4.78 is 0. The second-order valence-corrected chi connectivity index (χ2v) is 4.96. The molecule has 0 radical (unpaired) electrons. The monoisotopic (exact) mass is 268 g/mol. The molecule has 0 aromatic rings. The average Bonchev–Trinajstić information content (AvgIpc) is 3.15. The summed E-state index contributed by atoms with van der Waals surface area (Å²) >= 11 is 0. The van der Waals surface area contributed by atoms with E-state index in [0.717, 1.165) is 25.7 Å². The van der Waals surface area contributed by atoms with Gasteiger partial charge in [-0.05, 0) is 61.8 Å². The molecule has 0 nitrogen and oxygen atoms in total. The normalized spacial score (nSPS) is 17.8. The molecule has 0 saturated heterocycles. The van der Waals surface area contributed by atoms with Gasteiger partial charge in [0.2, 0.25) is 0 Å². The van der Waals surface area contributed by atoms with Gasteiger partial charge in [-0.25, -0.2) is 0 Å². The van der Waals surface area contributed by atoms with Gasteiger partial charge in [-0.2, -0.15) is 0 Å². The first kappa shape index (κ1) is 16.5. The molecule has 0 fully saturated rings. The van der Waals surface area contributed by atoms with Gasteiger partial charge in [0, 0.05) is 0 Å². The van der Waals surface area contributed by atoms with Crippen LogP contribution >= 0.6 is 0 Å². The van der Waals surface area contributed by atoms with Crippen LogP contribution < -0.4 is 0 Å². The second-order valence-electron chi connectivity index (χ2n) is 4.96. The summed E-state index contributed by atoms with van der Waals surface area (Å²) in [6.45, 7) is 8.61. The fourth-order valence-corrected chi connectivity index (χ4v) is 2.57. The molecule has 108 valence electrons. The average molecular weight is 268 g/mol. The van der Waals surface area contributed by atoms with Gasteiger partial charge in [0.25, 0.3) is 0 Å². The summed E-state index contributed by atoms with van der Waals surface area (Å²) in [6.07, 6.45) is 22.2.